The van der Waals surface area contributed by atoms with E-state index >= 15 is 0 Å². The van der Waals surface area contributed by atoms with Crippen LogP contribution in [0.3, 0.4) is 0 Å². The van der Waals surface area contributed by atoms with Gasteiger partial charge in [-0.25, -0.2) is 0 Å². The molecule has 0 radical (unpaired) electrons. The Balaban J connectivity index is 2.34. The first-order valence-electron chi connectivity index (χ1n) is 8.11. The lowest BCUT2D eigenvalue weighted by atomic mass is 9.88. The number of amides is 1. The highest BCUT2D eigenvalue weighted by atomic mass is 16.1. The fourth-order valence-electron chi connectivity index (χ4n) is 2.77. The number of nitrogens with zero attached hydrogens (tertiary/aromatic N) is 1. The highest BCUT2D eigenvalue weighted by Gasteiger charge is 2.22. The minimum atomic E-state index is -0.264. The zero-order chi connectivity index (χ0) is 17.5. The number of carbonyl (C=O) groups excluding carboxylic acids is 1. The number of nitriles is 1. The molecular weight excluding hydrogens is 298 g/mol. The molecule has 2 aromatic carbocycles. The van der Waals surface area contributed by atoms with Crippen molar-refractivity contribution in [3.63, 3.8) is 0 Å². The number of rotatable bonds is 6. The molecule has 0 saturated heterocycles. The summed E-state index contributed by atoms with van der Waals surface area (Å²) < 4.78 is 0. The molecule has 1 atom stereocenters. The van der Waals surface area contributed by atoms with E-state index in [1.165, 1.54) is 0 Å². The van der Waals surface area contributed by atoms with Crippen molar-refractivity contribution in [2.24, 2.45) is 5.92 Å². The van der Waals surface area contributed by atoms with E-state index in [1.54, 1.807) is 0 Å². The van der Waals surface area contributed by atoms with Gasteiger partial charge in [-0.2, -0.15) is 5.26 Å². The molecule has 2 aromatic rings. The molecule has 0 spiro atoms. The first kappa shape index (κ1) is 17.6. The minimum absolute atomic E-state index is 0.0301. The average molecular weight is 321 g/mol. The second kappa shape index (κ2) is 8.16. The van der Waals surface area contributed by atoms with Crippen LogP contribution in [0, 0.1) is 17.2 Å². The first-order valence-corrected chi connectivity index (χ1v) is 8.11. The lowest BCUT2D eigenvalue weighted by Gasteiger charge is -2.19. The van der Waals surface area contributed by atoms with Gasteiger partial charge in [0.25, 0.3) is 0 Å². The van der Waals surface area contributed by atoms with Crippen molar-refractivity contribution in [1.82, 2.24) is 5.32 Å². The van der Waals surface area contributed by atoms with Crippen molar-refractivity contribution < 1.29 is 4.79 Å². The smallest absolute Gasteiger partial charge is 0.228 e. The Morgan fingerprint density at radius 2 is 1.83 bits per heavy atom. The molecule has 0 aliphatic heterocycles. The molecule has 4 heteroatoms. The zero-order valence-corrected chi connectivity index (χ0v) is 14.1. The molecule has 0 aliphatic rings. The maximum absolute atomic E-state index is 12.5. The van der Waals surface area contributed by atoms with Crippen LogP contribution in [0.15, 0.2) is 48.5 Å². The summed E-state index contributed by atoms with van der Waals surface area (Å²) in [6.07, 6.45) is 0.734. The fourth-order valence-corrected chi connectivity index (χ4v) is 2.77. The molecule has 1 amide bonds. The Bertz CT molecular complexity index is 747. The number of hydrogen-bond acceptors (Lipinski definition) is 3. The standard InChI is InChI=1S/C20H23N3O/c1-14(2)11-19(20(24)23-10-9-21)17-7-3-5-15(12-17)16-6-4-8-18(22)13-16/h3-8,12-14,19H,10-11,22H2,1-2H3,(H,23,24). The number of nitrogens with two attached hydrogens (primary N) is 1. The summed E-state index contributed by atoms with van der Waals surface area (Å²) in [4.78, 5) is 12.5. The number of benzene rings is 2. The Hall–Kier alpha value is -2.80. The summed E-state index contributed by atoms with van der Waals surface area (Å²) >= 11 is 0. The van der Waals surface area contributed by atoms with E-state index in [9.17, 15) is 4.79 Å². The molecular formula is C20H23N3O. The highest BCUT2D eigenvalue weighted by molar-refractivity contribution is 5.84. The lowest BCUT2D eigenvalue weighted by Crippen LogP contribution is -2.30. The van der Waals surface area contributed by atoms with Gasteiger partial charge in [0.2, 0.25) is 5.91 Å². The predicted octanol–water partition coefficient (Wildman–Crippen LogP) is 3.71. The van der Waals surface area contributed by atoms with Crippen LogP contribution in [0.4, 0.5) is 5.69 Å². The fraction of sp³-hybridized carbons (Fsp3) is 0.300. The third-order valence-corrected chi connectivity index (χ3v) is 3.87. The molecule has 1 unspecified atom stereocenters. The average Bonchev–Trinajstić information content (AvgIpc) is 2.57. The Morgan fingerprint density at radius 3 is 2.46 bits per heavy atom. The molecule has 2 rings (SSSR count). The highest BCUT2D eigenvalue weighted by Crippen LogP contribution is 2.29. The first-order chi connectivity index (χ1) is 11.5. The second-order valence-corrected chi connectivity index (χ2v) is 6.31. The van der Waals surface area contributed by atoms with Crippen molar-refractivity contribution in [2.75, 3.05) is 12.3 Å². The maximum atomic E-state index is 12.5. The predicted molar refractivity (Wildman–Crippen MR) is 97.1 cm³/mol. The van der Waals surface area contributed by atoms with Crippen LogP contribution in [0.5, 0.6) is 0 Å². The van der Waals surface area contributed by atoms with Crippen LogP contribution >= 0.6 is 0 Å². The number of nitrogen functional groups attached to an aromatic ring is 1. The van der Waals surface area contributed by atoms with E-state index < -0.39 is 0 Å². The number of hydrogen-bond donors (Lipinski definition) is 2. The van der Waals surface area contributed by atoms with Crippen LogP contribution in [0.25, 0.3) is 11.1 Å². The van der Waals surface area contributed by atoms with E-state index in [-0.39, 0.29) is 18.4 Å². The van der Waals surface area contributed by atoms with Gasteiger partial charge in [0.05, 0.1) is 12.0 Å². The van der Waals surface area contributed by atoms with E-state index in [2.05, 4.69) is 19.2 Å². The largest absolute Gasteiger partial charge is 0.399 e. The minimum Gasteiger partial charge on any atom is -0.399 e. The van der Waals surface area contributed by atoms with E-state index in [4.69, 9.17) is 11.0 Å². The van der Waals surface area contributed by atoms with Gasteiger partial charge in [-0.15, -0.1) is 0 Å². The van der Waals surface area contributed by atoms with Gasteiger partial charge in [0.1, 0.15) is 6.54 Å². The van der Waals surface area contributed by atoms with E-state index in [1.807, 2.05) is 54.6 Å². The summed E-state index contributed by atoms with van der Waals surface area (Å²) in [7, 11) is 0. The van der Waals surface area contributed by atoms with Crippen molar-refractivity contribution in [1.29, 1.82) is 5.26 Å². The normalized spacial score (nSPS) is 11.8. The van der Waals surface area contributed by atoms with Gasteiger partial charge in [-0.1, -0.05) is 50.2 Å². The second-order valence-electron chi connectivity index (χ2n) is 6.31. The molecule has 24 heavy (non-hydrogen) atoms. The Kier molecular flexibility index (Phi) is 5.97. The van der Waals surface area contributed by atoms with Crippen molar-refractivity contribution >= 4 is 11.6 Å². The zero-order valence-electron chi connectivity index (χ0n) is 14.1. The summed E-state index contributed by atoms with van der Waals surface area (Å²) in [5.41, 5.74) is 9.59. The molecule has 4 nitrogen and oxygen atoms in total. The van der Waals surface area contributed by atoms with Gasteiger partial charge < -0.3 is 11.1 Å². The third-order valence-electron chi connectivity index (χ3n) is 3.87. The summed E-state index contributed by atoms with van der Waals surface area (Å²) in [5.74, 6) is 0.00759. The summed E-state index contributed by atoms with van der Waals surface area (Å²) in [6.45, 7) is 4.21. The van der Waals surface area contributed by atoms with Crippen molar-refractivity contribution in [2.45, 2.75) is 26.2 Å². The molecule has 0 aliphatic carbocycles. The van der Waals surface area contributed by atoms with Crippen LogP contribution in [-0.2, 0) is 4.79 Å². The number of carbonyl (C=O) groups is 1. The van der Waals surface area contributed by atoms with Gasteiger partial charge in [0, 0.05) is 5.69 Å². The van der Waals surface area contributed by atoms with Gasteiger partial charge >= 0.3 is 0 Å². The topological polar surface area (TPSA) is 78.9 Å². The van der Waals surface area contributed by atoms with Crippen LogP contribution in [0.2, 0.25) is 0 Å². The van der Waals surface area contributed by atoms with Crippen LogP contribution in [-0.4, -0.2) is 12.5 Å². The molecule has 0 aromatic heterocycles. The monoisotopic (exact) mass is 321 g/mol. The van der Waals surface area contributed by atoms with Crippen molar-refractivity contribution in [3.8, 4) is 17.2 Å². The lowest BCUT2D eigenvalue weighted by molar-refractivity contribution is -0.122. The molecule has 3 N–H and O–H groups in total. The maximum Gasteiger partial charge on any atom is 0.228 e. The molecule has 0 bridgehead atoms. The Morgan fingerprint density at radius 1 is 1.17 bits per heavy atom. The van der Waals surface area contributed by atoms with Crippen LogP contribution in [0.1, 0.15) is 31.7 Å². The molecule has 124 valence electrons. The number of anilines is 1. The number of nitrogens with one attached hydrogen (secondary N) is 1. The van der Waals surface area contributed by atoms with E-state index in [0.717, 1.165) is 23.1 Å². The van der Waals surface area contributed by atoms with Gasteiger partial charge in [-0.3, -0.25) is 4.79 Å². The molecule has 0 fully saturated rings. The summed E-state index contributed by atoms with van der Waals surface area (Å²) in [6, 6.07) is 17.6. The van der Waals surface area contributed by atoms with E-state index in [0.29, 0.717) is 11.6 Å². The van der Waals surface area contributed by atoms with Gasteiger partial charge in [0.15, 0.2) is 0 Å². The molecule has 0 heterocycles. The molecule has 0 saturated carbocycles. The Labute approximate surface area is 143 Å². The summed E-state index contributed by atoms with van der Waals surface area (Å²) in [5, 5.41) is 11.4. The third kappa shape index (κ3) is 4.60. The van der Waals surface area contributed by atoms with Crippen molar-refractivity contribution in [3.05, 3.63) is 54.1 Å². The van der Waals surface area contributed by atoms with Gasteiger partial charge in [-0.05, 0) is 41.2 Å². The van der Waals surface area contributed by atoms with Crippen LogP contribution < -0.4 is 11.1 Å². The SMILES string of the molecule is CC(C)CC(C(=O)NCC#N)c1cccc(-c2cccc(N)c2)c1. The quantitative estimate of drug-likeness (QED) is 0.629.